The largest absolute Gasteiger partial charge is 0.465 e. The number of carbonyl (C=O) groups excluding carboxylic acids is 2. The fourth-order valence-electron chi connectivity index (χ4n) is 2.10. The zero-order chi connectivity index (χ0) is 18.4. The van der Waals surface area contributed by atoms with Gasteiger partial charge in [0, 0.05) is 23.5 Å². The van der Waals surface area contributed by atoms with Gasteiger partial charge in [0.05, 0.1) is 24.1 Å². The second-order valence-electron chi connectivity index (χ2n) is 5.23. The lowest BCUT2D eigenvalue weighted by molar-refractivity contribution is -0.384. The number of benzene rings is 2. The van der Waals surface area contributed by atoms with Crippen LogP contribution < -0.4 is 10.6 Å². The van der Waals surface area contributed by atoms with Crippen molar-refractivity contribution in [2.24, 2.45) is 0 Å². The minimum Gasteiger partial charge on any atom is -0.465 e. The summed E-state index contributed by atoms with van der Waals surface area (Å²) in [5.41, 5.74) is 2.30. The van der Waals surface area contributed by atoms with Gasteiger partial charge in [-0.1, -0.05) is 6.07 Å². The Balaban J connectivity index is 1.97. The van der Waals surface area contributed by atoms with Gasteiger partial charge in [-0.3, -0.25) is 14.9 Å². The summed E-state index contributed by atoms with van der Waals surface area (Å²) in [5.74, 6) is -0.782. The number of rotatable bonds is 6. The Morgan fingerprint density at radius 2 is 1.84 bits per heavy atom. The number of non-ortho nitro benzene ring substituents is 1. The summed E-state index contributed by atoms with van der Waals surface area (Å²) in [6.07, 6.45) is 0. The maximum atomic E-state index is 12.0. The molecule has 2 N–H and O–H groups in total. The van der Waals surface area contributed by atoms with Crippen LogP contribution in [0.1, 0.15) is 15.9 Å². The molecule has 0 aliphatic heterocycles. The van der Waals surface area contributed by atoms with Crippen molar-refractivity contribution >= 4 is 28.9 Å². The number of hydrogen-bond acceptors (Lipinski definition) is 6. The molecule has 8 heteroatoms. The molecule has 0 aliphatic carbocycles. The molecule has 2 aromatic rings. The smallest absolute Gasteiger partial charge is 0.337 e. The third-order valence-corrected chi connectivity index (χ3v) is 3.46. The maximum absolute atomic E-state index is 12.0. The Kier molecular flexibility index (Phi) is 5.67. The first-order valence-electron chi connectivity index (χ1n) is 7.38. The van der Waals surface area contributed by atoms with Crippen molar-refractivity contribution < 1.29 is 19.2 Å². The fourth-order valence-corrected chi connectivity index (χ4v) is 2.10. The van der Waals surface area contributed by atoms with Crippen LogP contribution in [-0.4, -0.2) is 30.5 Å². The van der Waals surface area contributed by atoms with Crippen LogP contribution in [-0.2, 0) is 9.53 Å². The molecule has 1 amide bonds. The molecule has 0 aromatic heterocycles. The summed E-state index contributed by atoms with van der Waals surface area (Å²) in [7, 11) is 1.30. The van der Waals surface area contributed by atoms with Crippen LogP contribution in [0.4, 0.5) is 17.1 Å². The van der Waals surface area contributed by atoms with Crippen molar-refractivity contribution in [1.82, 2.24) is 0 Å². The molecule has 0 radical (unpaired) electrons. The van der Waals surface area contributed by atoms with Gasteiger partial charge in [-0.05, 0) is 36.8 Å². The van der Waals surface area contributed by atoms with Crippen LogP contribution in [0, 0.1) is 17.0 Å². The van der Waals surface area contributed by atoms with Gasteiger partial charge in [0.15, 0.2) is 0 Å². The molecule has 0 bridgehead atoms. The second-order valence-corrected chi connectivity index (χ2v) is 5.23. The van der Waals surface area contributed by atoms with Crippen molar-refractivity contribution in [3.8, 4) is 0 Å². The van der Waals surface area contributed by atoms with Crippen molar-refractivity contribution in [3.05, 3.63) is 63.7 Å². The molecule has 0 saturated carbocycles. The number of anilines is 2. The van der Waals surface area contributed by atoms with Crippen LogP contribution in [0.2, 0.25) is 0 Å². The van der Waals surface area contributed by atoms with Gasteiger partial charge in [-0.2, -0.15) is 0 Å². The predicted octanol–water partition coefficient (Wildman–Crippen LogP) is 2.74. The highest BCUT2D eigenvalue weighted by Gasteiger charge is 2.10. The van der Waals surface area contributed by atoms with E-state index in [4.69, 9.17) is 0 Å². The van der Waals surface area contributed by atoms with E-state index in [0.29, 0.717) is 16.9 Å². The molecule has 0 aliphatic rings. The molecule has 130 valence electrons. The number of carbonyl (C=O) groups is 2. The van der Waals surface area contributed by atoms with Crippen molar-refractivity contribution in [3.63, 3.8) is 0 Å². The fraction of sp³-hybridized carbons (Fsp3) is 0.176. The molecule has 0 unspecified atom stereocenters. The number of nitro benzene ring substituents is 1. The second kappa shape index (κ2) is 7.91. The minimum absolute atomic E-state index is 0.0253. The molecule has 0 fully saturated rings. The molecule has 8 nitrogen and oxygen atoms in total. The van der Waals surface area contributed by atoms with E-state index in [9.17, 15) is 19.7 Å². The Morgan fingerprint density at radius 3 is 2.44 bits per heavy atom. The highest BCUT2D eigenvalue weighted by atomic mass is 16.6. The van der Waals surface area contributed by atoms with E-state index in [1.165, 1.54) is 31.4 Å². The van der Waals surface area contributed by atoms with Crippen LogP contribution >= 0.6 is 0 Å². The third-order valence-electron chi connectivity index (χ3n) is 3.46. The van der Waals surface area contributed by atoms with Crippen molar-refractivity contribution in [2.45, 2.75) is 6.92 Å². The summed E-state index contributed by atoms with van der Waals surface area (Å²) in [6.45, 7) is 1.82. The summed E-state index contributed by atoms with van der Waals surface area (Å²) in [4.78, 5) is 33.6. The van der Waals surface area contributed by atoms with Crippen LogP contribution in [0.3, 0.4) is 0 Å². The third kappa shape index (κ3) is 4.77. The average Bonchev–Trinajstić information content (AvgIpc) is 2.60. The molecule has 0 atom stereocenters. The van der Waals surface area contributed by atoms with Gasteiger partial charge in [-0.25, -0.2) is 4.79 Å². The van der Waals surface area contributed by atoms with E-state index in [1.54, 1.807) is 18.2 Å². The van der Waals surface area contributed by atoms with Gasteiger partial charge < -0.3 is 15.4 Å². The SMILES string of the molecule is COC(=O)c1ccc(C)c(NCC(=O)Nc2ccc([N+](=O)[O-])cc2)c1. The standard InChI is InChI=1S/C17H17N3O5/c1-11-3-4-12(17(22)25-2)9-15(11)18-10-16(21)19-13-5-7-14(8-6-13)20(23)24/h3-9,18H,10H2,1-2H3,(H,19,21). The van der Waals surface area contributed by atoms with Gasteiger partial charge in [-0.15, -0.1) is 0 Å². The Bertz CT molecular complexity index is 802. The number of nitrogens with one attached hydrogen (secondary N) is 2. The van der Waals surface area contributed by atoms with Crippen LogP contribution in [0.15, 0.2) is 42.5 Å². The van der Waals surface area contributed by atoms with Crippen LogP contribution in [0.25, 0.3) is 0 Å². The molecule has 0 heterocycles. The lowest BCUT2D eigenvalue weighted by Crippen LogP contribution is -2.22. The number of nitro groups is 1. The zero-order valence-corrected chi connectivity index (χ0v) is 13.7. The average molecular weight is 343 g/mol. The summed E-state index contributed by atoms with van der Waals surface area (Å²) in [5, 5.41) is 16.2. The Hall–Kier alpha value is -3.42. The first-order valence-corrected chi connectivity index (χ1v) is 7.38. The first-order chi connectivity index (χ1) is 11.9. The number of amides is 1. The molecule has 2 rings (SSSR count). The van der Waals surface area contributed by atoms with E-state index in [-0.39, 0.29) is 18.1 Å². The summed E-state index contributed by atoms with van der Waals surface area (Å²) >= 11 is 0. The maximum Gasteiger partial charge on any atom is 0.337 e. The highest BCUT2D eigenvalue weighted by molar-refractivity contribution is 5.94. The molecule has 2 aromatic carbocycles. The monoisotopic (exact) mass is 343 g/mol. The van der Waals surface area contributed by atoms with E-state index in [2.05, 4.69) is 15.4 Å². The number of esters is 1. The topological polar surface area (TPSA) is 111 Å². The number of hydrogen-bond donors (Lipinski definition) is 2. The normalized spacial score (nSPS) is 10.0. The van der Waals surface area contributed by atoms with Gasteiger partial charge in [0.1, 0.15) is 0 Å². The van der Waals surface area contributed by atoms with Crippen LogP contribution in [0.5, 0.6) is 0 Å². The van der Waals surface area contributed by atoms with E-state index in [0.717, 1.165) is 5.56 Å². The van der Waals surface area contributed by atoms with Gasteiger partial charge >= 0.3 is 5.97 Å². The van der Waals surface area contributed by atoms with E-state index in [1.807, 2.05) is 6.92 Å². The first kappa shape index (κ1) is 17.9. The Labute approximate surface area is 144 Å². The highest BCUT2D eigenvalue weighted by Crippen LogP contribution is 2.18. The van der Waals surface area contributed by atoms with E-state index < -0.39 is 10.9 Å². The van der Waals surface area contributed by atoms with Crippen molar-refractivity contribution in [1.29, 1.82) is 0 Å². The molecule has 25 heavy (non-hydrogen) atoms. The summed E-state index contributed by atoms with van der Waals surface area (Å²) in [6, 6.07) is 10.5. The lowest BCUT2D eigenvalue weighted by Gasteiger charge is -2.11. The lowest BCUT2D eigenvalue weighted by atomic mass is 10.1. The number of methoxy groups -OCH3 is 1. The number of aryl methyl sites for hydroxylation is 1. The zero-order valence-electron chi connectivity index (χ0n) is 13.7. The van der Waals surface area contributed by atoms with Gasteiger partial charge in [0.2, 0.25) is 5.91 Å². The van der Waals surface area contributed by atoms with Gasteiger partial charge in [0.25, 0.3) is 5.69 Å². The van der Waals surface area contributed by atoms with E-state index >= 15 is 0 Å². The predicted molar refractivity (Wildman–Crippen MR) is 92.7 cm³/mol. The molecule has 0 saturated heterocycles. The Morgan fingerprint density at radius 1 is 1.16 bits per heavy atom. The van der Waals surface area contributed by atoms with Crippen molar-refractivity contribution in [2.75, 3.05) is 24.3 Å². The number of ether oxygens (including phenoxy) is 1. The molecular weight excluding hydrogens is 326 g/mol. The molecular formula is C17H17N3O5. The minimum atomic E-state index is -0.510. The quantitative estimate of drug-likeness (QED) is 0.474. The number of nitrogens with zero attached hydrogens (tertiary/aromatic N) is 1. The molecule has 0 spiro atoms. The summed E-state index contributed by atoms with van der Waals surface area (Å²) < 4.78 is 4.67.